The van der Waals surface area contributed by atoms with Gasteiger partial charge in [0.2, 0.25) is 0 Å². The standard InChI is InChI=1S/C26H21Cl2N3O3/c1-14-7-10-20(16(3)11-14)30-24(32)17-9-8-15(2)21(12-17)29-23-22(28)25(33)31(26(23)34)19-6-4-5-18(27)13-19/h4-13,29H,1-3H3,(H,30,32). The Kier molecular flexibility index (Phi) is 6.46. The number of benzene rings is 3. The first-order valence-electron chi connectivity index (χ1n) is 10.5. The molecule has 0 fully saturated rings. The molecular formula is C26H21Cl2N3O3. The number of aryl methyl sites for hydroxylation is 3. The van der Waals surface area contributed by atoms with Crippen LogP contribution in [-0.4, -0.2) is 17.7 Å². The first-order chi connectivity index (χ1) is 16.2. The van der Waals surface area contributed by atoms with Crippen molar-refractivity contribution in [1.29, 1.82) is 0 Å². The molecule has 0 radical (unpaired) electrons. The lowest BCUT2D eigenvalue weighted by atomic mass is 10.1. The van der Waals surface area contributed by atoms with E-state index in [9.17, 15) is 14.4 Å². The summed E-state index contributed by atoms with van der Waals surface area (Å²) in [4.78, 5) is 39.6. The average Bonchev–Trinajstić information content (AvgIpc) is 3.00. The molecule has 0 atom stereocenters. The Bertz CT molecular complexity index is 1380. The molecule has 172 valence electrons. The number of imide groups is 1. The normalized spacial score (nSPS) is 13.5. The topological polar surface area (TPSA) is 78.5 Å². The van der Waals surface area contributed by atoms with E-state index in [0.717, 1.165) is 21.6 Å². The van der Waals surface area contributed by atoms with Crippen molar-refractivity contribution in [3.05, 3.63) is 98.7 Å². The molecule has 3 amide bonds. The van der Waals surface area contributed by atoms with E-state index in [1.165, 1.54) is 6.07 Å². The minimum atomic E-state index is -0.655. The third-order valence-corrected chi connectivity index (χ3v) is 6.07. The molecule has 8 heteroatoms. The Balaban J connectivity index is 1.59. The zero-order chi connectivity index (χ0) is 24.6. The summed E-state index contributed by atoms with van der Waals surface area (Å²) in [6.45, 7) is 5.73. The van der Waals surface area contributed by atoms with Crippen LogP contribution >= 0.6 is 23.2 Å². The molecule has 0 saturated heterocycles. The largest absolute Gasteiger partial charge is 0.349 e. The number of carbonyl (C=O) groups excluding carboxylic acids is 3. The fourth-order valence-electron chi connectivity index (χ4n) is 3.64. The van der Waals surface area contributed by atoms with Gasteiger partial charge < -0.3 is 10.6 Å². The maximum Gasteiger partial charge on any atom is 0.283 e. The maximum atomic E-state index is 13.1. The van der Waals surface area contributed by atoms with E-state index in [1.807, 2.05) is 39.0 Å². The SMILES string of the molecule is Cc1ccc(NC(=O)c2ccc(C)c(NC3=C(Cl)C(=O)N(c4cccc(Cl)c4)C3=O)c2)c(C)c1. The van der Waals surface area contributed by atoms with Crippen molar-refractivity contribution < 1.29 is 14.4 Å². The van der Waals surface area contributed by atoms with Gasteiger partial charge >= 0.3 is 0 Å². The van der Waals surface area contributed by atoms with Crippen LogP contribution in [0.25, 0.3) is 0 Å². The second-order valence-electron chi connectivity index (χ2n) is 8.04. The zero-order valence-corrected chi connectivity index (χ0v) is 20.2. The summed E-state index contributed by atoms with van der Waals surface area (Å²) >= 11 is 12.3. The minimum absolute atomic E-state index is 0.0679. The maximum absolute atomic E-state index is 13.1. The van der Waals surface area contributed by atoms with Gasteiger partial charge in [-0.25, -0.2) is 4.90 Å². The van der Waals surface area contributed by atoms with Crippen molar-refractivity contribution in [3.8, 4) is 0 Å². The van der Waals surface area contributed by atoms with Gasteiger partial charge in [0.1, 0.15) is 10.7 Å². The summed E-state index contributed by atoms with van der Waals surface area (Å²) in [5.74, 6) is -1.57. The monoisotopic (exact) mass is 493 g/mol. The summed E-state index contributed by atoms with van der Waals surface area (Å²) < 4.78 is 0. The predicted molar refractivity (Wildman–Crippen MR) is 135 cm³/mol. The zero-order valence-electron chi connectivity index (χ0n) is 18.7. The Morgan fingerprint density at radius 3 is 2.29 bits per heavy atom. The molecule has 2 N–H and O–H groups in total. The third kappa shape index (κ3) is 4.55. The van der Waals surface area contributed by atoms with Crippen LogP contribution in [0.5, 0.6) is 0 Å². The van der Waals surface area contributed by atoms with Gasteiger partial charge in [0.05, 0.1) is 5.69 Å². The molecular weight excluding hydrogens is 473 g/mol. The molecule has 6 nitrogen and oxygen atoms in total. The molecule has 1 aliphatic heterocycles. The van der Waals surface area contributed by atoms with Crippen molar-refractivity contribution in [2.24, 2.45) is 0 Å². The molecule has 0 aromatic heterocycles. The number of nitrogens with zero attached hydrogens (tertiary/aromatic N) is 1. The van der Waals surface area contributed by atoms with Gasteiger partial charge in [0.25, 0.3) is 17.7 Å². The van der Waals surface area contributed by atoms with Crippen LogP contribution in [-0.2, 0) is 9.59 Å². The molecule has 0 bridgehead atoms. The van der Waals surface area contributed by atoms with Crippen molar-refractivity contribution in [2.45, 2.75) is 20.8 Å². The van der Waals surface area contributed by atoms with Crippen LogP contribution in [0.15, 0.2) is 71.4 Å². The number of nitrogens with one attached hydrogen (secondary N) is 2. The molecule has 3 aromatic rings. The summed E-state index contributed by atoms with van der Waals surface area (Å²) in [7, 11) is 0. The molecule has 3 aromatic carbocycles. The summed E-state index contributed by atoms with van der Waals surface area (Å²) in [6, 6.07) is 17.2. The molecule has 0 aliphatic carbocycles. The van der Waals surface area contributed by atoms with Crippen LogP contribution < -0.4 is 15.5 Å². The minimum Gasteiger partial charge on any atom is -0.349 e. The fourth-order valence-corrected chi connectivity index (χ4v) is 4.04. The van der Waals surface area contributed by atoms with Gasteiger partial charge in [0.15, 0.2) is 0 Å². The van der Waals surface area contributed by atoms with E-state index in [-0.39, 0.29) is 16.6 Å². The van der Waals surface area contributed by atoms with Crippen molar-refractivity contribution in [2.75, 3.05) is 15.5 Å². The van der Waals surface area contributed by atoms with Crippen LogP contribution in [0, 0.1) is 20.8 Å². The summed E-state index contributed by atoms with van der Waals surface area (Å²) in [5, 5.41) is 6.00. The molecule has 34 heavy (non-hydrogen) atoms. The second-order valence-corrected chi connectivity index (χ2v) is 8.86. The van der Waals surface area contributed by atoms with E-state index in [0.29, 0.717) is 27.6 Å². The third-order valence-electron chi connectivity index (χ3n) is 5.48. The lowest BCUT2D eigenvalue weighted by molar-refractivity contribution is -0.120. The smallest absolute Gasteiger partial charge is 0.283 e. The van der Waals surface area contributed by atoms with Gasteiger partial charge in [-0.1, -0.05) is 53.0 Å². The van der Waals surface area contributed by atoms with Gasteiger partial charge in [-0.2, -0.15) is 0 Å². The Morgan fingerprint density at radius 1 is 0.824 bits per heavy atom. The lowest BCUT2D eigenvalue weighted by Gasteiger charge is -2.16. The summed E-state index contributed by atoms with van der Waals surface area (Å²) in [5.41, 5.74) is 4.64. The first kappa shape index (κ1) is 23.5. The molecule has 0 saturated carbocycles. The van der Waals surface area contributed by atoms with Crippen molar-refractivity contribution in [1.82, 2.24) is 0 Å². The lowest BCUT2D eigenvalue weighted by Crippen LogP contribution is -2.32. The number of hydrogen-bond donors (Lipinski definition) is 2. The highest BCUT2D eigenvalue weighted by Crippen LogP contribution is 2.32. The van der Waals surface area contributed by atoms with Crippen molar-refractivity contribution >= 4 is 58.0 Å². The van der Waals surface area contributed by atoms with Crippen LogP contribution in [0.1, 0.15) is 27.0 Å². The number of amides is 3. The molecule has 0 spiro atoms. The van der Waals surface area contributed by atoms with Crippen LogP contribution in [0.2, 0.25) is 5.02 Å². The van der Waals surface area contributed by atoms with E-state index in [4.69, 9.17) is 23.2 Å². The van der Waals surface area contributed by atoms with Crippen LogP contribution in [0.4, 0.5) is 17.1 Å². The highest BCUT2D eigenvalue weighted by atomic mass is 35.5. The van der Waals surface area contributed by atoms with E-state index in [2.05, 4.69) is 10.6 Å². The van der Waals surface area contributed by atoms with Crippen molar-refractivity contribution in [3.63, 3.8) is 0 Å². The highest BCUT2D eigenvalue weighted by molar-refractivity contribution is 6.53. The molecule has 1 heterocycles. The Hall–Kier alpha value is -3.61. The molecule has 0 unspecified atom stereocenters. The first-order valence-corrected chi connectivity index (χ1v) is 11.2. The number of rotatable bonds is 5. The van der Waals surface area contributed by atoms with Crippen LogP contribution in [0.3, 0.4) is 0 Å². The molecule has 1 aliphatic rings. The molecule has 4 rings (SSSR count). The number of hydrogen-bond acceptors (Lipinski definition) is 4. The van der Waals surface area contributed by atoms with E-state index >= 15 is 0 Å². The summed E-state index contributed by atoms with van der Waals surface area (Å²) in [6.07, 6.45) is 0. The van der Waals surface area contributed by atoms with Gasteiger partial charge in [0, 0.05) is 22.0 Å². The van der Waals surface area contributed by atoms with Gasteiger partial charge in [-0.3, -0.25) is 14.4 Å². The Morgan fingerprint density at radius 2 is 1.59 bits per heavy atom. The Labute approximate surface area is 207 Å². The highest BCUT2D eigenvalue weighted by Gasteiger charge is 2.39. The van der Waals surface area contributed by atoms with E-state index < -0.39 is 11.8 Å². The van der Waals surface area contributed by atoms with Gasteiger partial charge in [-0.05, 0) is 68.3 Å². The number of carbonyl (C=O) groups is 3. The van der Waals surface area contributed by atoms with Gasteiger partial charge in [-0.15, -0.1) is 0 Å². The number of halogens is 2. The van der Waals surface area contributed by atoms with E-state index in [1.54, 1.807) is 36.4 Å². The second kappa shape index (κ2) is 9.33. The fraction of sp³-hybridized carbons (Fsp3) is 0.115. The predicted octanol–water partition coefficient (Wildman–Crippen LogP) is 5.95. The quantitative estimate of drug-likeness (QED) is 0.430. The number of anilines is 3. The average molecular weight is 494 g/mol.